The van der Waals surface area contributed by atoms with Crippen LogP contribution >= 0.6 is 0 Å². The second-order valence-corrected chi connectivity index (χ2v) is 6.08. The fourth-order valence-corrected chi connectivity index (χ4v) is 2.76. The molecule has 29 heavy (non-hydrogen) atoms. The van der Waals surface area contributed by atoms with E-state index in [4.69, 9.17) is 23.7 Å². The highest BCUT2D eigenvalue weighted by Crippen LogP contribution is 2.38. The quantitative estimate of drug-likeness (QED) is 0.419. The molecule has 0 radical (unpaired) electrons. The van der Waals surface area contributed by atoms with E-state index in [1.807, 2.05) is 0 Å². The first-order valence-electron chi connectivity index (χ1n) is 8.30. The van der Waals surface area contributed by atoms with Gasteiger partial charge in [0, 0.05) is 27.7 Å². The van der Waals surface area contributed by atoms with Gasteiger partial charge in [-0.15, -0.1) is 0 Å². The summed E-state index contributed by atoms with van der Waals surface area (Å²) < 4.78 is 25.4. The Balaban J connectivity index is 3.57. The first-order valence-corrected chi connectivity index (χ1v) is 8.30. The van der Waals surface area contributed by atoms with E-state index >= 15 is 0 Å². The summed E-state index contributed by atoms with van der Waals surface area (Å²) in [5.41, 5.74) is 0. The summed E-state index contributed by atoms with van der Waals surface area (Å²) in [6.07, 6.45) is -6.55. The summed E-state index contributed by atoms with van der Waals surface area (Å²) in [4.78, 5) is 46.0. The topological polar surface area (TPSA) is 182 Å². The molecule has 1 saturated heterocycles. The van der Waals surface area contributed by atoms with Crippen LogP contribution in [-0.4, -0.2) is 65.8 Å². The van der Waals surface area contributed by atoms with Crippen molar-refractivity contribution < 1.29 is 48.0 Å². The maximum atomic E-state index is 11.6. The minimum Gasteiger partial charge on any atom is -0.463 e. The van der Waals surface area contributed by atoms with E-state index in [-0.39, 0.29) is 0 Å². The summed E-state index contributed by atoms with van der Waals surface area (Å²) in [7, 11) is 0. The number of esters is 4. The molecule has 1 rings (SSSR count). The van der Waals surface area contributed by atoms with E-state index in [1.54, 1.807) is 0 Å². The van der Waals surface area contributed by atoms with Crippen molar-refractivity contribution >= 4 is 23.9 Å². The monoisotopic (exact) mass is 412 g/mol. The third-order valence-corrected chi connectivity index (χ3v) is 3.76. The Morgan fingerprint density at radius 1 is 0.931 bits per heavy atom. The Bertz CT molecular complexity index is 740. The predicted molar refractivity (Wildman–Crippen MR) is 87.8 cm³/mol. The average Bonchev–Trinajstić information content (AvgIpc) is 2.59. The molecular weight excluding hydrogens is 392 g/mol. The fraction of sp³-hybridized carbons (Fsp3) is 0.647. The van der Waals surface area contributed by atoms with Gasteiger partial charge in [0.2, 0.25) is 5.79 Å². The van der Waals surface area contributed by atoms with Gasteiger partial charge in [0.05, 0.1) is 12.1 Å². The Kier molecular flexibility index (Phi) is 8.06. The smallest absolute Gasteiger partial charge is 0.303 e. The van der Waals surface area contributed by atoms with E-state index in [9.17, 15) is 34.8 Å². The van der Waals surface area contributed by atoms with E-state index in [0.717, 1.165) is 27.7 Å². The molecule has 1 N–H and O–H groups in total. The molecule has 158 valence electrons. The van der Waals surface area contributed by atoms with Crippen LogP contribution < -0.4 is 0 Å². The van der Waals surface area contributed by atoms with Crippen LogP contribution in [0.3, 0.4) is 0 Å². The molecule has 1 aliphatic heterocycles. The number of nitriles is 2. The van der Waals surface area contributed by atoms with Gasteiger partial charge in [-0.05, 0) is 0 Å². The highest BCUT2D eigenvalue weighted by molar-refractivity contribution is 5.68. The second-order valence-electron chi connectivity index (χ2n) is 6.08. The molecule has 0 aromatic heterocycles. The molecule has 0 unspecified atom stereocenters. The number of aliphatic hydroxyl groups is 1. The molecule has 0 amide bonds. The summed E-state index contributed by atoms with van der Waals surface area (Å²) >= 11 is 0. The van der Waals surface area contributed by atoms with Crippen molar-refractivity contribution in [1.82, 2.24) is 0 Å². The van der Waals surface area contributed by atoms with Crippen molar-refractivity contribution in [3.8, 4) is 12.1 Å². The van der Waals surface area contributed by atoms with Crippen molar-refractivity contribution in [2.75, 3.05) is 6.61 Å². The van der Waals surface area contributed by atoms with Crippen molar-refractivity contribution in [2.24, 2.45) is 5.92 Å². The lowest BCUT2D eigenvalue weighted by molar-refractivity contribution is -0.358. The number of hydrogen-bond acceptors (Lipinski definition) is 12. The van der Waals surface area contributed by atoms with Gasteiger partial charge in [-0.2, -0.15) is 10.5 Å². The molecule has 0 aromatic rings. The molecule has 0 aromatic carbocycles. The number of rotatable bonds is 6. The molecule has 1 heterocycles. The van der Waals surface area contributed by atoms with Crippen molar-refractivity contribution in [1.29, 1.82) is 10.5 Å². The largest absolute Gasteiger partial charge is 0.463 e. The maximum absolute atomic E-state index is 11.6. The number of hydrogen-bond donors (Lipinski definition) is 1. The third kappa shape index (κ3) is 5.88. The molecule has 1 fully saturated rings. The van der Waals surface area contributed by atoms with Crippen LogP contribution in [0.25, 0.3) is 0 Å². The molecule has 0 bridgehead atoms. The third-order valence-electron chi connectivity index (χ3n) is 3.76. The van der Waals surface area contributed by atoms with Gasteiger partial charge in [0.25, 0.3) is 0 Å². The van der Waals surface area contributed by atoms with Gasteiger partial charge in [-0.3, -0.25) is 19.2 Å². The number of ether oxygens (including phenoxy) is 5. The van der Waals surface area contributed by atoms with Crippen LogP contribution in [0.1, 0.15) is 27.7 Å². The zero-order chi connectivity index (χ0) is 22.4. The van der Waals surface area contributed by atoms with Crippen LogP contribution in [0.2, 0.25) is 0 Å². The van der Waals surface area contributed by atoms with Crippen molar-refractivity contribution in [3.63, 3.8) is 0 Å². The molecular formula is C17H20N2O10. The summed E-state index contributed by atoms with van der Waals surface area (Å²) in [5.74, 6) is -8.19. The Labute approximate surface area is 165 Å². The number of nitrogens with zero attached hydrogens (tertiary/aromatic N) is 2. The first-order chi connectivity index (χ1) is 13.5. The lowest BCUT2D eigenvalue weighted by Gasteiger charge is -2.48. The molecule has 12 nitrogen and oxygen atoms in total. The van der Waals surface area contributed by atoms with Crippen LogP contribution in [0.4, 0.5) is 0 Å². The maximum Gasteiger partial charge on any atom is 0.303 e. The normalized spacial score (nSPS) is 28.4. The number of carbonyl (C=O) groups is 4. The Morgan fingerprint density at radius 3 is 1.83 bits per heavy atom. The highest BCUT2D eigenvalue weighted by Gasteiger charge is 2.63. The van der Waals surface area contributed by atoms with Crippen molar-refractivity contribution in [3.05, 3.63) is 0 Å². The minimum atomic E-state index is -2.79. The first kappa shape index (κ1) is 23.8. The van der Waals surface area contributed by atoms with Gasteiger partial charge in [-0.25, -0.2) is 0 Å². The molecule has 0 aliphatic carbocycles. The van der Waals surface area contributed by atoms with Gasteiger partial charge in [0.1, 0.15) is 12.7 Å². The summed E-state index contributed by atoms with van der Waals surface area (Å²) in [5, 5.41) is 29.5. The number of carbonyl (C=O) groups excluding carboxylic acids is 4. The van der Waals surface area contributed by atoms with E-state index < -0.39 is 66.6 Å². The summed E-state index contributed by atoms with van der Waals surface area (Å²) in [6.45, 7) is 3.48. The van der Waals surface area contributed by atoms with Gasteiger partial charge in [0.15, 0.2) is 24.2 Å². The molecule has 0 saturated carbocycles. The van der Waals surface area contributed by atoms with Gasteiger partial charge in [-0.1, -0.05) is 0 Å². The summed E-state index contributed by atoms with van der Waals surface area (Å²) in [6, 6.07) is 2.99. The van der Waals surface area contributed by atoms with E-state index in [1.165, 1.54) is 12.1 Å². The molecule has 5 atom stereocenters. The van der Waals surface area contributed by atoms with Crippen LogP contribution in [-0.2, 0) is 42.9 Å². The fourth-order valence-electron chi connectivity index (χ4n) is 2.76. The Morgan fingerprint density at radius 2 is 1.41 bits per heavy atom. The highest BCUT2D eigenvalue weighted by atomic mass is 16.7. The standard InChI is InChI=1S/C17H20N2O10/c1-8(20)25-7-13-14(26-9(2)21)15(27-10(3)22)16(28-11(4)23)17(24,29-13)12(5-18)6-19/h12-16,24H,7H2,1-4H3/t13-,14+,15+,16-,17-/m1/s1. The molecule has 0 spiro atoms. The lowest BCUT2D eigenvalue weighted by atomic mass is 9.85. The zero-order valence-corrected chi connectivity index (χ0v) is 16.1. The minimum absolute atomic E-state index is 0.594. The van der Waals surface area contributed by atoms with Crippen LogP contribution in [0.15, 0.2) is 0 Å². The van der Waals surface area contributed by atoms with E-state index in [2.05, 4.69) is 0 Å². The SMILES string of the molecule is CC(=O)OC[C@H]1O[C@](O)(C(C#N)C#N)[C@H](OC(C)=O)[C@@H](OC(C)=O)[C@H]1OC(C)=O. The van der Waals surface area contributed by atoms with E-state index in [0.29, 0.717) is 0 Å². The Hall–Kier alpha value is -3.22. The van der Waals surface area contributed by atoms with Gasteiger partial charge < -0.3 is 28.8 Å². The second kappa shape index (κ2) is 9.82. The molecule has 12 heteroatoms. The zero-order valence-electron chi connectivity index (χ0n) is 16.1. The van der Waals surface area contributed by atoms with Crippen LogP contribution in [0, 0.1) is 28.6 Å². The van der Waals surface area contributed by atoms with Crippen molar-refractivity contribution in [2.45, 2.75) is 57.9 Å². The van der Waals surface area contributed by atoms with Crippen LogP contribution in [0.5, 0.6) is 0 Å². The lowest BCUT2D eigenvalue weighted by Crippen LogP contribution is -2.70. The predicted octanol–water partition coefficient (Wildman–Crippen LogP) is -0.905. The average molecular weight is 412 g/mol. The van der Waals surface area contributed by atoms with Gasteiger partial charge >= 0.3 is 23.9 Å². The molecule has 1 aliphatic rings.